The number of carbonyl (C=O) groups excluding carboxylic acids is 2. The largest absolute Gasteiger partial charge is 0.303 e. The van der Waals surface area contributed by atoms with Gasteiger partial charge in [0.25, 0.3) is 0 Å². The van der Waals surface area contributed by atoms with Crippen LogP contribution in [0.1, 0.15) is 22.9 Å². The normalized spacial score (nSPS) is 19.7. The van der Waals surface area contributed by atoms with E-state index >= 15 is 0 Å². The Morgan fingerprint density at radius 2 is 2.12 bits per heavy atom. The highest BCUT2D eigenvalue weighted by Gasteiger charge is 2.45. The standard InChI is InChI=1S/C18H17N5O2S/c1-11-4-6-12(7-5-11)23-15(24)9-13(16(23)14-3-2-8-26-14)17(25)21-18-19-10-20-22-18/h2-8,10,13,16H,9H2,1H3,(H2,19,20,21,22,25)/t13-,16-/m0/s1. The molecule has 8 heteroatoms. The van der Waals surface area contributed by atoms with Crippen LogP contribution in [0.3, 0.4) is 0 Å². The van der Waals surface area contributed by atoms with Gasteiger partial charge in [-0.2, -0.15) is 10.1 Å². The third kappa shape index (κ3) is 2.99. The highest BCUT2D eigenvalue weighted by molar-refractivity contribution is 7.10. The van der Waals surface area contributed by atoms with Crippen LogP contribution in [0, 0.1) is 12.8 Å². The number of amides is 2. The summed E-state index contributed by atoms with van der Waals surface area (Å²) < 4.78 is 0. The number of aryl methyl sites for hydroxylation is 1. The first-order valence-corrected chi connectivity index (χ1v) is 9.10. The van der Waals surface area contributed by atoms with Gasteiger partial charge in [0.05, 0.1) is 12.0 Å². The molecule has 0 saturated carbocycles. The summed E-state index contributed by atoms with van der Waals surface area (Å²) in [5, 5.41) is 11.0. The lowest BCUT2D eigenvalue weighted by Gasteiger charge is -2.27. The van der Waals surface area contributed by atoms with E-state index in [0.29, 0.717) is 0 Å². The van der Waals surface area contributed by atoms with Crippen LogP contribution in [0.2, 0.25) is 0 Å². The Bertz CT molecular complexity index is 906. The van der Waals surface area contributed by atoms with Gasteiger partial charge in [-0.05, 0) is 30.5 Å². The van der Waals surface area contributed by atoms with E-state index in [1.165, 1.54) is 6.33 Å². The van der Waals surface area contributed by atoms with Crippen LogP contribution < -0.4 is 10.2 Å². The minimum atomic E-state index is -0.507. The van der Waals surface area contributed by atoms with E-state index in [1.54, 1.807) is 16.2 Å². The SMILES string of the molecule is Cc1ccc(N2C(=O)C[C@H](C(=O)Nc3ncn[nH]3)[C@H]2c2cccs2)cc1. The lowest BCUT2D eigenvalue weighted by molar-refractivity contribution is -0.122. The van der Waals surface area contributed by atoms with Crippen molar-refractivity contribution in [2.24, 2.45) is 5.92 Å². The molecule has 1 aromatic carbocycles. The third-order valence-electron chi connectivity index (χ3n) is 4.46. The van der Waals surface area contributed by atoms with Crippen molar-refractivity contribution in [3.63, 3.8) is 0 Å². The number of benzene rings is 1. The van der Waals surface area contributed by atoms with Gasteiger partial charge < -0.3 is 4.90 Å². The van der Waals surface area contributed by atoms with E-state index in [-0.39, 0.29) is 30.2 Å². The molecule has 132 valence electrons. The van der Waals surface area contributed by atoms with Crippen molar-refractivity contribution in [1.82, 2.24) is 15.2 Å². The summed E-state index contributed by atoms with van der Waals surface area (Å²) in [6, 6.07) is 11.3. The van der Waals surface area contributed by atoms with Gasteiger partial charge in [-0.15, -0.1) is 11.3 Å². The number of anilines is 2. The summed E-state index contributed by atoms with van der Waals surface area (Å²) in [4.78, 5) is 32.3. The van der Waals surface area contributed by atoms with Crippen molar-refractivity contribution >= 4 is 34.8 Å². The molecule has 26 heavy (non-hydrogen) atoms. The van der Waals surface area contributed by atoms with Gasteiger partial charge in [-0.3, -0.25) is 14.9 Å². The highest BCUT2D eigenvalue weighted by Crippen LogP contribution is 2.43. The molecule has 1 fully saturated rings. The molecule has 1 aliphatic heterocycles. The van der Waals surface area contributed by atoms with Crippen molar-refractivity contribution in [1.29, 1.82) is 0 Å². The third-order valence-corrected chi connectivity index (χ3v) is 5.41. The van der Waals surface area contributed by atoms with Gasteiger partial charge in [0, 0.05) is 17.0 Å². The van der Waals surface area contributed by atoms with Crippen LogP contribution in [0.15, 0.2) is 48.1 Å². The first kappa shape index (κ1) is 16.5. The summed E-state index contributed by atoms with van der Waals surface area (Å²) in [5.74, 6) is -0.540. The Morgan fingerprint density at radius 3 is 2.77 bits per heavy atom. The van der Waals surface area contributed by atoms with Crippen LogP contribution in [-0.2, 0) is 9.59 Å². The molecule has 2 atom stereocenters. The van der Waals surface area contributed by atoms with Crippen LogP contribution in [0.25, 0.3) is 0 Å². The predicted octanol–water partition coefficient (Wildman–Crippen LogP) is 2.91. The minimum Gasteiger partial charge on any atom is -0.303 e. The molecule has 7 nitrogen and oxygen atoms in total. The first-order valence-electron chi connectivity index (χ1n) is 8.22. The summed E-state index contributed by atoms with van der Waals surface area (Å²) in [6.45, 7) is 2.00. The Kier molecular flexibility index (Phi) is 4.26. The zero-order valence-corrected chi connectivity index (χ0v) is 14.9. The number of carbonyl (C=O) groups is 2. The number of hydrogen-bond donors (Lipinski definition) is 2. The van der Waals surface area contributed by atoms with E-state index < -0.39 is 5.92 Å². The fourth-order valence-corrected chi connectivity index (χ4v) is 4.12. The number of H-pyrrole nitrogens is 1. The van der Waals surface area contributed by atoms with E-state index in [0.717, 1.165) is 16.1 Å². The van der Waals surface area contributed by atoms with Crippen molar-refractivity contribution in [2.75, 3.05) is 10.2 Å². The van der Waals surface area contributed by atoms with Crippen molar-refractivity contribution < 1.29 is 9.59 Å². The molecule has 4 rings (SSSR count). The maximum atomic E-state index is 12.8. The number of nitrogens with zero attached hydrogens (tertiary/aromatic N) is 3. The van der Waals surface area contributed by atoms with Crippen molar-refractivity contribution in [3.05, 3.63) is 58.5 Å². The lowest BCUT2D eigenvalue weighted by Crippen LogP contribution is -2.32. The number of hydrogen-bond acceptors (Lipinski definition) is 5. The molecule has 0 bridgehead atoms. The predicted molar refractivity (Wildman–Crippen MR) is 98.8 cm³/mol. The quantitative estimate of drug-likeness (QED) is 0.742. The molecule has 2 N–H and O–H groups in total. The maximum absolute atomic E-state index is 12.8. The minimum absolute atomic E-state index is 0.0648. The monoisotopic (exact) mass is 367 g/mol. The fraction of sp³-hybridized carbons (Fsp3) is 0.222. The molecule has 2 amide bonds. The van der Waals surface area contributed by atoms with Crippen LogP contribution in [0.4, 0.5) is 11.6 Å². The molecule has 0 unspecified atom stereocenters. The molecule has 0 radical (unpaired) electrons. The fourth-order valence-electron chi connectivity index (χ4n) is 3.24. The van der Waals surface area contributed by atoms with Gasteiger partial charge in [0.1, 0.15) is 6.33 Å². The Morgan fingerprint density at radius 1 is 1.31 bits per heavy atom. The zero-order valence-electron chi connectivity index (χ0n) is 14.0. The number of aromatic amines is 1. The van der Waals surface area contributed by atoms with E-state index in [4.69, 9.17) is 0 Å². The summed E-state index contributed by atoms with van der Waals surface area (Å²) >= 11 is 1.54. The van der Waals surface area contributed by atoms with Crippen LogP contribution >= 0.6 is 11.3 Å². The summed E-state index contributed by atoms with van der Waals surface area (Å²) in [7, 11) is 0. The van der Waals surface area contributed by atoms with Gasteiger partial charge >= 0.3 is 0 Å². The number of nitrogens with one attached hydrogen (secondary N) is 2. The molecule has 3 aromatic rings. The summed E-state index contributed by atoms with van der Waals surface area (Å²) in [5.41, 5.74) is 1.92. The molecular weight excluding hydrogens is 350 g/mol. The first-order chi connectivity index (χ1) is 12.6. The van der Waals surface area contributed by atoms with E-state index in [2.05, 4.69) is 20.5 Å². The molecule has 1 saturated heterocycles. The molecule has 3 heterocycles. The van der Waals surface area contributed by atoms with Gasteiger partial charge in [-0.25, -0.2) is 5.10 Å². The molecule has 0 spiro atoms. The van der Waals surface area contributed by atoms with E-state index in [1.807, 2.05) is 48.7 Å². The van der Waals surface area contributed by atoms with Gasteiger partial charge in [-0.1, -0.05) is 23.8 Å². The van der Waals surface area contributed by atoms with Gasteiger partial charge in [0.2, 0.25) is 17.8 Å². The Balaban J connectivity index is 1.69. The summed E-state index contributed by atoms with van der Waals surface area (Å²) in [6.07, 6.45) is 1.47. The topological polar surface area (TPSA) is 91.0 Å². The smallest absolute Gasteiger partial charge is 0.232 e. The maximum Gasteiger partial charge on any atom is 0.232 e. The van der Waals surface area contributed by atoms with Crippen LogP contribution in [-0.4, -0.2) is 27.0 Å². The second-order valence-electron chi connectivity index (χ2n) is 6.19. The highest BCUT2D eigenvalue weighted by atomic mass is 32.1. The van der Waals surface area contributed by atoms with Gasteiger partial charge in [0.15, 0.2) is 0 Å². The molecule has 0 aliphatic carbocycles. The van der Waals surface area contributed by atoms with Crippen molar-refractivity contribution in [3.8, 4) is 0 Å². The Hall–Kier alpha value is -3.00. The van der Waals surface area contributed by atoms with Crippen molar-refractivity contribution in [2.45, 2.75) is 19.4 Å². The number of thiophene rings is 1. The number of rotatable bonds is 4. The van der Waals surface area contributed by atoms with Crippen LogP contribution in [0.5, 0.6) is 0 Å². The Labute approximate surface area is 154 Å². The lowest BCUT2D eigenvalue weighted by atomic mass is 9.97. The average molecular weight is 367 g/mol. The molecule has 1 aliphatic rings. The molecular formula is C18H17N5O2S. The second-order valence-corrected chi connectivity index (χ2v) is 7.17. The number of aromatic nitrogens is 3. The zero-order chi connectivity index (χ0) is 18.1. The second kappa shape index (κ2) is 6.72. The van der Waals surface area contributed by atoms with E-state index in [9.17, 15) is 9.59 Å². The molecule has 2 aromatic heterocycles. The average Bonchev–Trinajstić information content (AvgIpc) is 3.36.